The number of hydrogen-bond acceptors (Lipinski definition) is 5. The summed E-state index contributed by atoms with van der Waals surface area (Å²) in [7, 11) is 4.12. The van der Waals surface area contributed by atoms with Gasteiger partial charge in [0.2, 0.25) is 5.91 Å². The van der Waals surface area contributed by atoms with Crippen molar-refractivity contribution in [2.24, 2.45) is 11.8 Å². The van der Waals surface area contributed by atoms with Gasteiger partial charge in [0.05, 0.1) is 6.61 Å². The lowest BCUT2D eigenvalue weighted by Crippen LogP contribution is -2.51. The van der Waals surface area contributed by atoms with Gasteiger partial charge in [-0.25, -0.2) is 0 Å². The minimum atomic E-state index is 0.0376. The molecule has 1 aromatic carbocycles. The van der Waals surface area contributed by atoms with Crippen molar-refractivity contribution >= 4 is 5.91 Å². The number of carbonyl (C=O) groups is 1. The van der Waals surface area contributed by atoms with Gasteiger partial charge in [0.15, 0.2) is 0 Å². The number of piperazine rings is 1. The first-order chi connectivity index (χ1) is 14.8. The van der Waals surface area contributed by atoms with Crippen LogP contribution < -0.4 is 4.74 Å². The van der Waals surface area contributed by atoms with Crippen LogP contribution in [0, 0.1) is 25.7 Å². The molecule has 1 fully saturated rings. The third-order valence-corrected chi connectivity index (χ3v) is 7.23. The molecule has 2 atom stereocenters. The largest absolute Gasteiger partial charge is 0.492 e. The average Bonchev–Trinajstić information content (AvgIpc) is 2.76. The van der Waals surface area contributed by atoms with Crippen LogP contribution in [0.5, 0.6) is 5.75 Å². The molecular formula is C25H41N3O3. The first kappa shape index (κ1) is 24.0. The molecule has 1 N–H and O–H groups in total. The number of benzene rings is 1. The van der Waals surface area contributed by atoms with Gasteiger partial charge in [-0.1, -0.05) is 6.92 Å². The lowest BCUT2D eigenvalue weighted by Gasteiger charge is -2.38. The van der Waals surface area contributed by atoms with Crippen molar-refractivity contribution < 1.29 is 14.6 Å². The van der Waals surface area contributed by atoms with E-state index < -0.39 is 0 Å². The molecule has 1 aliphatic heterocycles. The van der Waals surface area contributed by atoms with Crippen molar-refractivity contribution in [3.05, 3.63) is 28.3 Å². The van der Waals surface area contributed by atoms with Crippen molar-refractivity contribution in [1.29, 1.82) is 0 Å². The number of aliphatic hydroxyl groups excluding tert-OH is 1. The summed E-state index contributed by atoms with van der Waals surface area (Å²) < 4.78 is 6.12. The Labute approximate surface area is 188 Å². The van der Waals surface area contributed by atoms with E-state index in [1.165, 1.54) is 22.3 Å². The quantitative estimate of drug-likeness (QED) is 0.683. The number of rotatable bonds is 8. The number of likely N-dealkylation sites (N-methyl/N-ethyl adjacent to an activating group) is 1. The second-order valence-electron chi connectivity index (χ2n) is 9.61. The highest BCUT2D eigenvalue weighted by Crippen LogP contribution is 2.38. The van der Waals surface area contributed by atoms with Gasteiger partial charge in [-0.15, -0.1) is 0 Å². The van der Waals surface area contributed by atoms with Crippen LogP contribution in [0.2, 0.25) is 0 Å². The summed E-state index contributed by atoms with van der Waals surface area (Å²) in [5.74, 6) is 1.71. The summed E-state index contributed by atoms with van der Waals surface area (Å²) in [5.41, 5.74) is 5.44. The molecule has 0 bridgehead atoms. The Morgan fingerprint density at radius 1 is 1.23 bits per heavy atom. The van der Waals surface area contributed by atoms with Crippen molar-refractivity contribution in [2.75, 3.05) is 66.6 Å². The highest BCUT2D eigenvalue weighted by atomic mass is 16.5. The fourth-order valence-corrected chi connectivity index (χ4v) is 5.06. The molecule has 1 aromatic rings. The Morgan fingerprint density at radius 3 is 2.58 bits per heavy atom. The van der Waals surface area contributed by atoms with Gasteiger partial charge in [0.1, 0.15) is 12.4 Å². The fraction of sp³-hybridized carbons (Fsp3) is 0.720. The van der Waals surface area contributed by atoms with Crippen molar-refractivity contribution in [1.82, 2.24) is 14.7 Å². The number of hydrogen-bond donors (Lipinski definition) is 1. The van der Waals surface area contributed by atoms with Crippen LogP contribution in [0.4, 0.5) is 0 Å². The Morgan fingerprint density at radius 2 is 1.94 bits per heavy atom. The van der Waals surface area contributed by atoms with E-state index in [0.29, 0.717) is 25.0 Å². The van der Waals surface area contributed by atoms with Gasteiger partial charge >= 0.3 is 0 Å². The summed E-state index contributed by atoms with van der Waals surface area (Å²) in [6.07, 6.45) is 3.09. The molecule has 0 unspecified atom stereocenters. The third-order valence-electron chi connectivity index (χ3n) is 7.23. The zero-order valence-electron chi connectivity index (χ0n) is 20.1. The number of ether oxygens (including phenoxy) is 1. The minimum Gasteiger partial charge on any atom is -0.492 e. The summed E-state index contributed by atoms with van der Waals surface area (Å²) in [6, 6.07) is 2.20. The SMILES string of the molecule is Cc1cc(OCCN(C)C)c(C)c2c1CC[C@@H]([C@H](C)C(=O)N1CCN(CCO)CC1)C2. The summed E-state index contributed by atoms with van der Waals surface area (Å²) >= 11 is 0. The molecule has 1 aliphatic carbocycles. The smallest absolute Gasteiger partial charge is 0.225 e. The molecule has 174 valence electrons. The predicted molar refractivity (Wildman–Crippen MR) is 125 cm³/mol. The zero-order valence-corrected chi connectivity index (χ0v) is 20.1. The van der Waals surface area contributed by atoms with Crippen LogP contribution in [0.25, 0.3) is 0 Å². The van der Waals surface area contributed by atoms with Gasteiger partial charge in [-0.2, -0.15) is 0 Å². The topological polar surface area (TPSA) is 56.2 Å². The molecule has 1 heterocycles. The predicted octanol–water partition coefficient (Wildman–Crippen LogP) is 2.12. The monoisotopic (exact) mass is 431 g/mol. The number of nitrogens with zero attached hydrogens (tertiary/aromatic N) is 3. The summed E-state index contributed by atoms with van der Waals surface area (Å²) in [5, 5.41) is 9.13. The molecule has 0 spiro atoms. The Bertz CT molecular complexity index is 757. The number of aliphatic hydroxyl groups is 1. The van der Waals surface area contributed by atoms with Gasteiger partial charge in [0.25, 0.3) is 0 Å². The number of amides is 1. The van der Waals surface area contributed by atoms with Crippen LogP contribution in [-0.4, -0.2) is 92.3 Å². The third kappa shape index (κ3) is 5.79. The van der Waals surface area contributed by atoms with Crippen LogP contribution in [0.1, 0.15) is 35.6 Å². The second-order valence-corrected chi connectivity index (χ2v) is 9.61. The molecule has 0 aromatic heterocycles. The van der Waals surface area contributed by atoms with E-state index in [-0.39, 0.29) is 12.5 Å². The normalized spacial score (nSPS) is 20.6. The molecule has 1 saturated heterocycles. The fourth-order valence-electron chi connectivity index (χ4n) is 5.06. The lowest BCUT2D eigenvalue weighted by atomic mass is 9.74. The van der Waals surface area contributed by atoms with Crippen LogP contribution >= 0.6 is 0 Å². The molecule has 6 heteroatoms. The molecule has 6 nitrogen and oxygen atoms in total. The molecule has 0 radical (unpaired) electrons. The highest BCUT2D eigenvalue weighted by molar-refractivity contribution is 5.79. The Hall–Kier alpha value is -1.63. The molecular weight excluding hydrogens is 390 g/mol. The van der Waals surface area contributed by atoms with Crippen LogP contribution in [0.15, 0.2) is 6.07 Å². The number of fused-ring (bicyclic) bond motifs is 1. The molecule has 3 rings (SSSR count). The standard InChI is InChI=1S/C25H41N3O3/c1-18-16-24(31-15-13-26(4)5)20(3)23-17-21(6-7-22(18)23)19(2)25(30)28-10-8-27(9-11-28)12-14-29/h16,19,21,29H,6-15,17H2,1-5H3/t19-,21+/m0/s1. The van der Waals surface area contributed by atoms with E-state index in [4.69, 9.17) is 9.84 Å². The van der Waals surface area contributed by atoms with Crippen molar-refractivity contribution in [3.63, 3.8) is 0 Å². The van der Waals surface area contributed by atoms with Gasteiger partial charge < -0.3 is 19.6 Å². The van der Waals surface area contributed by atoms with Gasteiger partial charge in [0, 0.05) is 45.2 Å². The maximum atomic E-state index is 13.2. The lowest BCUT2D eigenvalue weighted by molar-refractivity contribution is -0.138. The zero-order chi connectivity index (χ0) is 22.5. The summed E-state index contributed by atoms with van der Waals surface area (Å²) in [6.45, 7) is 12.2. The van der Waals surface area contributed by atoms with E-state index in [1.807, 2.05) is 4.90 Å². The first-order valence-corrected chi connectivity index (χ1v) is 11.8. The van der Waals surface area contributed by atoms with Crippen LogP contribution in [0.3, 0.4) is 0 Å². The van der Waals surface area contributed by atoms with Gasteiger partial charge in [-0.05, 0) is 81.4 Å². The van der Waals surface area contributed by atoms with E-state index >= 15 is 0 Å². The van der Waals surface area contributed by atoms with E-state index in [1.54, 1.807) is 0 Å². The maximum Gasteiger partial charge on any atom is 0.225 e. The molecule has 1 amide bonds. The van der Waals surface area contributed by atoms with E-state index in [0.717, 1.165) is 57.7 Å². The highest BCUT2D eigenvalue weighted by Gasteiger charge is 2.33. The van der Waals surface area contributed by atoms with Crippen molar-refractivity contribution in [2.45, 2.75) is 40.0 Å². The molecule has 0 saturated carbocycles. The average molecular weight is 432 g/mol. The minimum absolute atomic E-state index is 0.0376. The summed E-state index contributed by atoms with van der Waals surface area (Å²) in [4.78, 5) is 19.6. The number of carbonyl (C=O) groups excluding carboxylic acids is 1. The number of β-amino-alcohol motifs (C(OH)–C–C–N with tert-alkyl or cyclic N) is 1. The first-order valence-electron chi connectivity index (χ1n) is 11.8. The number of aryl methyl sites for hydroxylation is 1. The molecule has 31 heavy (non-hydrogen) atoms. The van der Waals surface area contributed by atoms with Crippen LogP contribution in [-0.2, 0) is 17.6 Å². The second kappa shape index (κ2) is 10.8. The molecule has 2 aliphatic rings. The Kier molecular flexibility index (Phi) is 8.36. The Balaban J connectivity index is 1.66. The van der Waals surface area contributed by atoms with Crippen molar-refractivity contribution in [3.8, 4) is 5.75 Å². The maximum absolute atomic E-state index is 13.2. The van der Waals surface area contributed by atoms with Gasteiger partial charge in [-0.3, -0.25) is 9.69 Å². The van der Waals surface area contributed by atoms with E-state index in [2.05, 4.69) is 50.7 Å². The van der Waals surface area contributed by atoms with E-state index in [9.17, 15) is 4.79 Å².